The third-order valence-electron chi connectivity index (χ3n) is 5.61. The van der Waals surface area contributed by atoms with Gasteiger partial charge in [-0.25, -0.2) is 9.97 Å². The van der Waals surface area contributed by atoms with Gasteiger partial charge in [-0.1, -0.05) is 23.8 Å². The highest BCUT2D eigenvalue weighted by atomic mass is 32.1. The summed E-state index contributed by atoms with van der Waals surface area (Å²) in [5, 5.41) is 10.9. The Balaban J connectivity index is 1.49. The van der Waals surface area contributed by atoms with Crippen molar-refractivity contribution in [3.63, 3.8) is 0 Å². The van der Waals surface area contributed by atoms with Crippen LogP contribution in [0.25, 0.3) is 22.3 Å². The Hall–Kier alpha value is -3.06. The Labute approximate surface area is 179 Å². The minimum atomic E-state index is -0.165. The van der Waals surface area contributed by atoms with E-state index in [2.05, 4.69) is 47.4 Å². The molecule has 0 unspecified atom stereocenters. The van der Waals surface area contributed by atoms with Gasteiger partial charge in [0.25, 0.3) is 5.91 Å². The van der Waals surface area contributed by atoms with Crippen LogP contribution in [0.1, 0.15) is 51.6 Å². The van der Waals surface area contributed by atoms with Crippen molar-refractivity contribution >= 4 is 33.4 Å². The number of carbonyl (C=O) groups excluding carboxylic acids is 1. The van der Waals surface area contributed by atoms with E-state index in [0.717, 1.165) is 46.5 Å². The second kappa shape index (κ2) is 7.02. The van der Waals surface area contributed by atoms with E-state index in [9.17, 15) is 4.79 Å². The molecule has 1 fully saturated rings. The van der Waals surface area contributed by atoms with E-state index < -0.39 is 0 Å². The van der Waals surface area contributed by atoms with Crippen LogP contribution in [0, 0.1) is 20.8 Å². The molecule has 1 amide bonds. The molecule has 4 aromatic rings. The van der Waals surface area contributed by atoms with E-state index in [1.165, 1.54) is 22.5 Å². The summed E-state index contributed by atoms with van der Waals surface area (Å²) in [7, 11) is 1.87. The molecule has 0 radical (unpaired) electrons. The van der Waals surface area contributed by atoms with Gasteiger partial charge in [0.1, 0.15) is 0 Å². The molecule has 152 valence electrons. The Bertz CT molecular complexity index is 1300. The number of rotatable bonds is 4. The van der Waals surface area contributed by atoms with Gasteiger partial charge in [0.2, 0.25) is 0 Å². The molecular formula is C23H23N5OS. The molecular weight excluding hydrogens is 394 g/mol. The Kier molecular flexibility index (Phi) is 4.43. The average molecular weight is 418 g/mol. The van der Waals surface area contributed by atoms with Crippen LogP contribution in [0.4, 0.5) is 5.13 Å². The number of amides is 1. The van der Waals surface area contributed by atoms with Crippen LogP contribution < -0.4 is 5.32 Å². The number of hydrogen-bond acceptors (Lipinski definition) is 5. The number of anilines is 1. The quantitative estimate of drug-likeness (QED) is 0.499. The molecule has 5 rings (SSSR count). The summed E-state index contributed by atoms with van der Waals surface area (Å²) < 4.78 is 1.76. The van der Waals surface area contributed by atoms with Gasteiger partial charge >= 0.3 is 0 Å². The van der Waals surface area contributed by atoms with Gasteiger partial charge < -0.3 is 0 Å². The van der Waals surface area contributed by atoms with Crippen molar-refractivity contribution in [3.05, 3.63) is 57.7 Å². The molecule has 3 aromatic heterocycles. The normalized spacial score (nSPS) is 13.7. The molecule has 3 heterocycles. The highest BCUT2D eigenvalue weighted by Gasteiger charge is 2.28. The summed E-state index contributed by atoms with van der Waals surface area (Å²) in [5.41, 5.74) is 7.53. The first-order chi connectivity index (χ1) is 14.4. The van der Waals surface area contributed by atoms with E-state index in [1.54, 1.807) is 4.68 Å². The number of aryl methyl sites for hydroxylation is 4. The fraction of sp³-hybridized carbons (Fsp3) is 0.304. The number of nitrogens with one attached hydrogen (secondary N) is 1. The first-order valence-corrected chi connectivity index (χ1v) is 11.0. The second-order valence-corrected chi connectivity index (χ2v) is 8.95. The van der Waals surface area contributed by atoms with E-state index >= 15 is 0 Å². The number of benzene rings is 1. The summed E-state index contributed by atoms with van der Waals surface area (Å²) in [6.45, 7) is 6.08. The van der Waals surface area contributed by atoms with Gasteiger partial charge in [-0.3, -0.25) is 14.8 Å². The highest BCUT2D eigenvalue weighted by molar-refractivity contribution is 7.14. The number of thiazole rings is 1. The lowest BCUT2D eigenvalue weighted by atomic mass is 10.0. The van der Waals surface area contributed by atoms with Gasteiger partial charge in [-0.15, -0.1) is 11.3 Å². The van der Waals surface area contributed by atoms with Crippen molar-refractivity contribution in [2.24, 2.45) is 7.05 Å². The molecule has 1 aliphatic carbocycles. The van der Waals surface area contributed by atoms with Crippen LogP contribution in [0.2, 0.25) is 0 Å². The van der Waals surface area contributed by atoms with Gasteiger partial charge in [0, 0.05) is 29.6 Å². The van der Waals surface area contributed by atoms with Crippen LogP contribution >= 0.6 is 11.3 Å². The number of fused-ring (bicyclic) bond motifs is 1. The molecule has 7 heteroatoms. The molecule has 0 spiro atoms. The van der Waals surface area contributed by atoms with Gasteiger partial charge in [0.05, 0.1) is 22.3 Å². The van der Waals surface area contributed by atoms with Crippen LogP contribution in [0.5, 0.6) is 0 Å². The summed E-state index contributed by atoms with van der Waals surface area (Å²) in [6, 6.07) is 8.24. The summed E-state index contributed by atoms with van der Waals surface area (Å²) in [4.78, 5) is 22.7. The minimum Gasteiger partial charge on any atom is -0.298 e. The maximum atomic E-state index is 13.2. The third kappa shape index (κ3) is 3.29. The maximum absolute atomic E-state index is 13.2. The van der Waals surface area contributed by atoms with Crippen LogP contribution in [-0.2, 0) is 7.05 Å². The molecule has 1 aromatic carbocycles. The van der Waals surface area contributed by atoms with E-state index in [4.69, 9.17) is 4.98 Å². The van der Waals surface area contributed by atoms with Gasteiger partial charge in [-0.05, 0) is 45.2 Å². The molecule has 0 bridgehead atoms. The zero-order valence-electron chi connectivity index (χ0n) is 17.5. The van der Waals surface area contributed by atoms with Crippen LogP contribution in [0.15, 0.2) is 29.6 Å². The zero-order valence-corrected chi connectivity index (χ0v) is 18.3. The Morgan fingerprint density at radius 1 is 1.17 bits per heavy atom. The molecule has 1 aliphatic rings. The number of carbonyl (C=O) groups is 1. The standard InChI is InChI=1S/C23H23N5OS/c1-12-5-8-16(13(2)9-12)19-11-30-23(25-19)26-22(29)17-10-18(15-6-7-15)24-21-20(17)14(3)27-28(21)4/h5,8-11,15H,6-7H2,1-4H3,(H,25,26,29). The number of nitrogens with zero attached hydrogens (tertiary/aromatic N) is 4. The van der Waals surface area contributed by atoms with Crippen LogP contribution in [0.3, 0.4) is 0 Å². The first kappa shape index (κ1) is 18.9. The topological polar surface area (TPSA) is 72.7 Å². The molecule has 0 atom stereocenters. The summed E-state index contributed by atoms with van der Waals surface area (Å²) >= 11 is 1.44. The van der Waals surface area contributed by atoms with E-state index in [0.29, 0.717) is 16.6 Å². The average Bonchev–Trinajstić information content (AvgIpc) is 3.39. The predicted octanol–water partition coefficient (Wildman–Crippen LogP) is 5.15. The Morgan fingerprint density at radius 3 is 2.70 bits per heavy atom. The largest absolute Gasteiger partial charge is 0.298 e. The molecule has 30 heavy (non-hydrogen) atoms. The Morgan fingerprint density at radius 2 is 1.97 bits per heavy atom. The van der Waals surface area contributed by atoms with Crippen LogP contribution in [-0.4, -0.2) is 25.7 Å². The van der Waals surface area contributed by atoms with Crippen molar-refractivity contribution in [3.8, 4) is 11.3 Å². The predicted molar refractivity (Wildman–Crippen MR) is 120 cm³/mol. The van der Waals surface area contributed by atoms with Gasteiger partial charge in [-0.2, -0.15) is 5.10 Å². The first-order valence-electron chi connectivity index (χ1n) is 10.1. The van der Waals surface area contributed by atoms with Crippen molar-refractivity contribution in [2.45, 2.75) is 39.5 Å². The minimum absolute atomic E-state index is 0.165. The molecule has 0 saturated heterocycles. The van der Waals surface area contributed by atoms with E-state index in [-0.39, 0.29) is 5.91 Å². The summed E-state index contributed by atoms with van der Waals surface area (Å²) in [6.07, 6.45) is 2.25. The van der Waals surface area contributed by atoms with Crippen molar-refractivity contribution in [2.75, 3.05) is 5.32 Å². The lowest BCUT2D eigenvalue weighted by Crippen LogP contribution is -2.13. The number of pyridine rings is 1. The SMILES string of the molecule is Cc1ccc(-c2csc(NC(=O)c3cc(C4CC4)nc4c3c(C)nn4C)n2)c(C)c1. The molecule has 0 aliphatic heterocycles. The number of aromatic nitrogens is 4. The third-order valence-corrected chi connectivity index (χ3v) is 6.37. The monoisotopic (exact) mass is 417 g/mol. The van der Waals surface area contributed by atoms with Gasteiger partial charge in [0.15, 0.2) is 10.8 Å². The van der Waals surface area contributed by atoms with Crippen molar-refractivity contribution in [1.82, 2.24) is 19.7 Å². The fourth-order valence-electron chi connectivity index (χ4n) is 3.95. The van der Waals surface area contributed by atoms with Crippen molar-refractivity contribution < 1.29 is 4.79 Å². The maximum Gasteiger partial charge on any atom is 0.258 e. The fourth-order valence-corrected chi connectivity index (χ4v) is 4.66. The van der Waals surface area contributed by atoms with Crippen molar-refractivity contribution in [1.29, 1.82) is 0 Å². The zero-order chi connectivity index (χ0) is 21.0. The summed E-state index contributed by atoms with van der Waals surface area (Å²) in [5.74, 6) is 0.286. The number of hydrogen-bond donors (Lipinski definition) is 1. The highest BCUT2D eigenvalue weighted by Crippen LogP contribution is 2.40. The molecule has 1 saturated carbocycles. The lowest BCUT2D eigenvalue weighted by molar-refractivity contribution is 0.102. The molecule has 1 N–H and O–H groups in total. The van der Waals surface area contributed by atoms with E-state index in [1.807, 2.05) is 25.4 Å². The second-order valence-electron chi connectivity index (χ2n) is 8.09. The smallest absolute Gasteiger partial charge is 0.258 e. The lowest BCUT2D eigenvalue weighted by Gasteiger charge is -2.07. The molecule has 6 nitrogen and oxygen atoms in total.